The van der Waals surface area contributed by atoms with Crippen molar-refractivity contribution in [1.29, 1.82) is 0 Å². The van der Waals surface area contributed by atoms with Crippen LogP contribution in [0.15, 0.2) is 35.4 Å². The Balaban J connectivity index is 2.43. The minimum atomic E-state index is -1.47. The van der Waals surface area contributed by atoms with Crippen molar-refractivity contribution in [3.05, 3.63) is 30.3 Å². The zero-order valence-corrected chi connectivity index (χ0v) is 9.14. The predicted molar refractivity (Wildman–Crippen MR) is 63.7 cm³/mol. The lowest BCUT2D eigenvalue weighted by atomic mass is 10.1. The number of hydrazone groups is 1. The topological polar surface area (TPSA) is 105 Å². The Kier molecular flexibility index (Phi) is 5.58. The number of rotatable bonds is 6. The van der Waals surface area contributed by atoms with E-state index in [0.717, 1.165) is 11.9 Å². The van der Waals surface area contributed by atoms with Crippen molar-refractivity contribution in [3.63, 3.8) is 0 Å². The third-order valence-electron chi connectivity index (χ3n) is 2.13. The van der Waals surface area contributed by atoms with Gasteiger partial charge in [0.05, 0.1) is 18.5 Å². The maximum Gasteiger partial charge on any atom is 0.119 e. The number of anilines is 1. The molecule has 94 valence electrons. The summed E-state index contributed by atoms with van der Waals surface area (Å²) in [5.74, 6) is 0. The highest BCUT2D eigenvalue weighted by Gasteiger charge is 2.22. The molecular formula is C11H16N2O4. The Labute approximate surface area is 98.8 Å². The number of benzene rings is 1. The first-order chi connectivity index (χ1) is 8.15. The molecule has 6 nitrogen and oxygen atoms in total. The van der Waals surface area contributed by atoms with Crippen molar-refractivity contribution >= 4 is 11.9 Å². The van der Waals surface area contributed by atoms with Crippen LogP contribution in [0.3, 0.4) is 0 Å². The molecule has 3 atom stereocenters. The number of hydrogen-bond acceptors (Lipinski definition) is 6. The van der Waals surface area contributed by atoms with Gasteiger partial charge in [-0.05, 0) is 12.1 Å². The van der Waals surface area contributed by atoms with Crippen LogP contribution in [-0.4, -0.2) is 51.6 Å². The maximum absolute atomic E-state index is 9.39. The van der Waals surface area contributed by atoms with Crippen molar-refractivity contribution in [2.24, 2.45) is 5.10 Å². The van der Waals surface area contributed by atoms with E-state index >= 15 is 0 Å². The highest BCUT2D eigenvalue weighted by atomic mass is 16.4. The quantitative estimate of drug-likeness (QED) is 0.329. The lowest BCUT2D eigenvalue weighted by Crippen LogP contribution is -2.40. The summed E-state index contributed by atoms with van der Waals surface area (Å²) < 4.78 is 0. The van der Waals surface area contributed by atoms with Crippen molar-refractivity contribution < 1.29 is 20.4 Å². The van der Waals surface area contributed by atoms with Gasteiger partial charge in [0.2, 0.25) is 0 Å². The van der Waals surface area contributed by atoms with Crippen LogP contribution < -0.4 is 5.43 Å². The Morgan fingerprint density at radius 1 is 1.18 bits per heavy atom. The number of aliphatic hydroxyl groups excluding tert-OH is 4. The van der Waals surface area contributed by atoms with Crippen molar-refractivity contribution in [2.75, 3.05) is 12.0 Å². The highest BCUT2D eigenvalue weighted by molar-refractivity contribution is 5.65. The number of nitrogens with zero attached hydrogens (tertiary/aromatic N) is 1. The molecule has 1 rings (SSSR count). The summed E-state index contributed by atoms with van der Waals surface area (Å²) in [6, 6.07) is 9.05. The summed E-state index contributed by atoms with van der Waals surface area (Å²) in [7, 11) is 0. The smallest absolute Gasteiger partial charge is 0.119 e. The second-order valence-electron chi connectivity index (χ2n) is 3.49. The summed E-state index contributed by atoms with van der Waals surface area (Å²) in [5.41, 5.74) is 3.37. The molecule has 0 unspecified atom stereocenters. The molecule has 0 spiro atoms. The summed E-state index contributed by atoms with van der Waals surface area (Å²) in [4.78, 5) is 0. The Morgan fingerprint density at radius 3 is 2.41 bits per heavy atom. The molecule has 0 aliphatic carbocycles. The molecule has 1 aromatic rings. The molecule has 0 aliphatic rings. The molecule has 1 aromatic carbocycles. The van der Waals surface area contributed by atoms with Crippen LogP contribution in [0.25, 0.3) is 0 Å². The fourth-order valence-electron chi connectivity index (χ4n) is 1.12. The number of aliphatic hydroxyl groups is 4. The maximum atomic E-state index is 9.39. The van der Waals surface area contributed by atoms with Gasteiger partial charge in [-0.25, -0.2) is 0 Å². The third kappa shape index (κ3) is 4.49. The minimum Gasteiger partial charge on any atom is -0.394 e. The Bertz CT molecular complexity index is 345. The normalized spacial score (nSPS) is 16.7. The van der Waals surface area contributed by atoms with Gasteiger partial charge in [-0.3, -0.25) is 5.43 Å². The van der Waals surface area contributed by atoms with Crippen LogP contribution in [0.5, 0.6) is 0 Å². The summed E-state index contributed by atoms with van der Waals surface area (Å²) in [5, 5.41) is 40.0. The molecule has 5 N–H and O–H groups in total. The van der Waals surface area contributed by atoms with Gasteiger partial charge in [0.1, 0.15) is 18.3 Å². The van der Waals surface area contributed by atoms with Crippen LogP contribution >= 0.6 is 0 Å². The van der Waals surface area contributed by atoms with Gasteiger partial charge < -0.3 is 20.4 Å². The van der Waals surface area contributed by atoms with E-state index in [1.165, 1.54) is 0 Å². The molecular weight excluding hydrogens is 224 g/mol. The van der Waals surface area contributed by atoms with Crippen molar-refractivity contribution in [2.45, 2.75) is 18.3 Å². The van der Waals surface area contributed by atoms with Crippen LogP contribution in [0, 0.1) is 0 Å². The lowest BCUT2D eigenvalue weighted by Gasteiger charge is -2.18. The average molecular weight is 240 g/mol. The number of hydrogen-bond donors (Lipinski definition) is 5. The van der Waals surface area contributed by atoms with Gasteiger partial charge in [-0.15, -0.1) is 0 Å². The molecule has 17 heavy (non-hydrogen) atoms. The van der Waals surface area contributed by atoms with E-state index in [4.69, 9.17) is 10.2 Å². The van der Waals surface area contributed by atoms with Crippen molar-refractivity contribution in [1.82, 2.24) is 0 Å². The van der Waals surface area contributed by atoms with Gasteiger partial charge in [0.15, 0.2) is 0 Å². The van der Waals surface area contributed by atoms with E-state index in [2.05, 4.69) is 10.5 Å². The Hall–Kier alpha value is -1.47. The summed E-state index contributed by atoms with van der Waals surface area (Å²) >= 11 is 0. The van der Waals surface area contributed by atoms with Crippen LogP contribution in [0.1, 0.15) is 0 Å². The monoisotopic (exact) mass is 240 g/mol. The van der Waals surface area contributed by atoms with Crippen LogP contribution in [0.2, 0.25) is 0 Å². The summed E-state index contributed by atoms with van der Waals surface area (Å²) in [6.07, 6.45) is -3.17. The lowest BCUT2D eigenvalue weighted by molar-refractivity contribution is -0.0541. The molecule has 0 aliphatic heterocycles. The number of nitrogens with one attached hydrogen (secondary N) is 1. The van der Waals surface area contributed by atoms with Gasteiger partial charge in [0, 0.05) is 0 Å². The molecule has 0 bridgehead atoms. The van der Waals surface area contributed by atoms with E-state index < -0.39 is 24.9 Å². The van der Waals surface area contributed by atoms with Crippen LogP contribution in [0.4, 0.5) is 5.69 Å². The van der Waals surface area contributed by atoms with E-state index in [9.17, 15) is 10.2 Å². The highest BCUT2D eigenvalue weighted by Crippen LogP contribution is 2.04. The molecule has 0 aromatic heterocycles. The third-order valence-corrected chi connectivity index (χ3v) is 2.13. The van der Waals surface area contributed by atoms with Gasteiger partial charge in [-0.1, -0.05) is 18.2 Å². The minimum absolute atomic E-state index is 0.627. The SMILES string of the molecule is OC[C@H](O)[C@H](O)[C@@H](O)/C=N/Nc1ccccc1. The van der Waals surface area contributed by atoms with Gasteiger partial charge in [0.25, 0.3) is 0 Å². The summed E-state index contributed by atoms with van der Waals surface area (Å²) in [6.45, 7) is -0.627. The average Bonchev–Trinajstić information content (AvgIpc) is 2.38. The molecule has 0 fully saturated rings. The van der Waals surface area contributed by atoms with Crippen molar-refractivity contribution in [3.8, 4) is 0 Å². The zero-order valence-electron chi connectivity index (χ0n) is 9.14. The molecule has 0 amide bonds. The molecule has 0 saturated carbocycles. The fourth-order valence-corrected chi connectivity index (χ4v) is 1.12. The molecule has 6 heteroatoms. The first-order valence-electron chi connectivity index (χ1n) is 5.14. The Morgan fingerprint density at radius 2 is 1.82 bits per heavy atom. The van der Waals surface area contributed by atoms with E-state index in [0.29, 0.717) is 0 Å². The van der Waals surface area contributed by atoms with E-state index in [1.807, 2.05) is 18.2 Å². The van der Waals surface area contributed by atoms with Crippen LogP contribution in [-0.2, 0) is 0 Å². The van der Waals surface area contributed by atoms with Gasteiger partial charge >= 0.3 is 0 Å². The molecule has 0 saturated heterocycles. The first-order valence-corrected chi connectivity index (χ1v) is 5.14. The fraction of sp³-hybridized carbons (Fsp3) is 0.364. The van der Waals surface area contributed by atoms with E-state index in [-0.39, 0.29) is 0 Å². The second kappa shape index (κ2) is 6.97. The first kappa shape index (κ1) is 13.6. The predicted octanol–water partition coefficient (Wildman–Crippen LogP) is -0.841. The van der Waals surface area contributed by atoms with Gasteiger partial charge in [-0.2, -0.15) is 5.10 Å². The molecule has 0 heterocycles. The zero-order chi connectivity index (χ0) is 12.7. The van der Waals surface area contributed by atoms with E-state index in [1.54, 1.807) is 12.1 Å². The molecule has 0 radical (unpaired) electrons. The largest absolute Gasteiger partial charge is 0.394 e. The second-order valence-corrected chi connectivity index (χ2v) is 3.49. The standard InChI is InChI=1S/C11H16N2O4/c14-7-10(16)11(17)9(15)6-12-13-8-4-2-1-3-5-8/h1-6,9-11,13-17H,7H2/b12-6+/t9-,10-,11+/m0/s1. The number of para-hydroxylation sites is 1.